The van der Waals surface area contributed by atoms with E-state index in [0.717, 1.165) is 62.7 Å². The van der Waals surface area contributed by atoms with Gasteiger partial charge in [0.05, 0.1) is 0 Å². The lowest BCUT2D eigenvalue weighted by atomic mass is 9.81. The average molecular weight is 493 g/mol. The molecule has 4 unspecified atom stereocenters. The average Bonchev–Trinajstić information content (AvgIpc) is 2.90. The van der Waals surface area contributed by atoms with E-state index in [9.17, 15) is 0 Å². The molecule has 36 heavy (non-hydrogen) atoms. The third-order valence-electron chi connectivity index (χ3n) is 9.53. The van der Waals surface area contributed by atoms with E-state index in [4.69, 9.17) is 0 Å². The van der Waals surface area contributed by atoms with Crippen molar-refractivity contribution >= 4 is 0 Å². The van der Waals surface area contributed by atoms with Gasteiger partial charge in [0.1, 0.15) is 0 Å². The summed E-state index contributed by atoms with van der Waals surface area (Å²) in [6.07, 6.45) is 30.6. The van der Waals surface area contributed by atoms with Gasteiger partial charge in [0.15, 0.2) is 0 Å². The molecular formula is C32H52N4. The van der Waals surface area contributed by atoms with E-state index in [0.29, 0.717) is 0 Å². The molecule has 4 N–H and O–H groups in total. The Morgan fingerprint density at radius 2 is 0.722 bits per heavy atom. The summed E-state index contributed by atoms with van der Waals surface area (Å²) in [6, 6.07) is 0. The van der Waals surface area contributed by atoms with Crippen LogP contribution in [0.3, 0.4) is 0 Å². The fourth-order valence-corrected chi connectivity index (χ4v) is 7.54. The fourth-order valence-electron chi connectivity index (χ4n) is 7.54. The van der Waals surface area contributed by atoms with Crippen molar-refractivity contribution in [3.8, 4) is 0 Å². The van der Waals surface area contributed by atoms with E-state index < -0.39 is 0 Å². The third kappa shape index (κ3) is 8.08. The van der Waals surface area contributed by atoms with Gasteiger partial charge in [-0.1, -0.05) is 35.1 Å². The zero-order chi connectivity index (χ0) is 24.4. The summed E-state index contributed by atoms with van der Waals surface area (Å²) in [5.74, 6) is 3.32. The molecule has 4 fully saturated rings. The Morgan fingerprint density at radius 1 is 0.417 bits per heavy atom. The highest BCUT2D eigenvalue weighted by Gasteiger charge is 2.23. The van der Waals surface area contributed by atoms with Crippen LogP contribution in [0, 0.1) is 23.7 Å². The summed E-state index contributed by atoms with van der Waals surface area (Å²) in [5.41, 5.74) is 6.42. The number of allylic oxidation sites excluding steroid dienone is 4. The highest BCUT2D eigenvalue weighted by molar-refractivity contribution is 5.20. The standard InChI is InChI=1S/C32H52N4/c1-5-25-13-26(6-1)18-34-20-28-8-3-10-30(15-28)22-36-24-32-12-4-11-31(16-32)23-35-21-29-9-2-7-27(14-29)19-33-17-25/h17-18,23-24,27-30,33-36H,1-16,19-22H2. The van der Waals surface area contributed by atoms with Crippen LogP contribution < -0.4 is 21.3 Å². The van der Waals surface area contributed by atoms with Crippen LogP contribution in [0.4, 0.5) is 0 Å². The predicted molar refractivity (Wildman–Crippen MR) is 152 cm³/mol. The van der Waals surface area contributed by atoms with Crippen molar-refractivity contribution in [2.75, 3.05) is 26.2 Å². The molecule has 0 spiro atoms. The lowest BCUT2D eigenvalue weighted by Gasteiger charge is -2.30. The summed E-state index contributed by atoms with van der Waals surface area (Å²) in [5, 5.41) is 15.0. The first kappa shape index (κ1) is 25.8. The van der Waals surface area contributed by atoms with Gasteiger partial charge in [-0.05, 0) is 138 Å². The molecule has 0 saturated heterocycles. The molecule has 4 atom stereocenters. The molecule has 1 heterocycles. The van der Waals surface area contributed by atoms with Crippen LogP contribution in [0.15, 0.2) is 47.1 Å². The second-order valence-electron chi connectivity index (χ2n) is 12.7. The molecule has 4 heteroatoms. The van der Waals surface area contributed by atoms with E-state index in [2.05, 4.69) is 46.1 Å². The largest absolute Gasteiger partial charge is 0.391 e. The number of fused-ring (bicyclic) bond motifs is 8. The molecule has 4 nitrogen and oxygen atoms in total. The van der Waals surface area contributed by atoms with Crippen LogP contribution in [0.25, 0.3) is 0 Å². The summed E-state index contributed by atoms with van der Waals surface area (Å²) in [7, 11) is 0. The Kier molecular flexibility index (Phi) is 9.77. The predicted octanol–water partition coefficient (Wildman–Crippen LogP) is 6.65. The fraction of sp³-hybridized carbons (Fsp3) is 0.750. The maximum Gasteiger partial charge on any atom is 0.0169 e. The molecule has 200 valence electrons. The van der Waals surface area contributed by atoms with Crippen LogP contribution in [-0.4, -0.2) is 26.2 Å². The zero-order valence-corrected chi connectivity index (χ0v) is 22.8. The Hall–Kier alpha value is -1.84. The van der Waals surface area contributed by atoms with Gasteiger partial charge in [-0.2, -0.15) is 0 Å². The Bertz CT molecular complexity index is 694. The van der Waals surface area contributed by atoms with Gasteiger partial charge in [0, 0.05) is 26.2 Å². The maximum absolute atomic E-state index is 3.75. The van der Waals surface area contributed by atoms with Gasteiger partial charge in [-0.3, -0.25) is 0 Å². The highest BCUT2D eigenvalue weighted by atomic mass is 14.9. The quantitative estimate of drug-likeness (QED) is 0.306. The smallest absolute Gasteiger partial charge is 0.0169 e. The van der Waals surface area contributed by atoms with Gasteiger partial charge in [-0.25, -0.2) is 0 Å². The van der Waals surface area contributed by atoms with E-state index >= 15 is 0 Å². The van der Waals surface area contributed by atoms with Gasteiger partial charge in [-0.15, -0.1) is 0 Å². The Balaban J connectivity index is 1.22. The SMILES string of the molecule is C1=C2CCCC(=CNCC3CCCC(CNC=C4CCCC(=CNCC5CCCC(CN1)C5)C4)C3)C2. The van der Waals surface area contributed by atoms with Crippen LogP contribution >= 0.6 is 0 Å². The molecule has 0 aromatic carbocycles. The first-order valence-electron chi connectivity index (χ1n) is 15.5. The number of hydrogen-bond acceptors (Lipinski definition) is 4. The Morgan fingerprint density at radius 3 is 1.03 bits per heavy atom. The van der Waals surface area contributed by atoms with Gasteiger partial charge in [0.25, 0.3) is 0 Å². The van der Waals surface area contributed by atoms with Gasteiger partial charge in [0.2, 0.25) is 0 Å². The van der Waals surface area contributed by atoms with Crippen LogP contribution in [0.5, 0.6) is 0 Å². The second-order valence-corrected chi connectivity index (χ2v) is 12.7. The monoisotopic (exact) mass is 492 g/mol. The van der Waals surface area contributed by atoms with E-state index in [1.54, 1.807) is 22.3 Å². The molecule has 0 amide bonds. The first-order chi connectivity index (χ1) is 17.8. The highest BCUT2D eigenvalue weighted by Crippen LogP contribution is 2.32. The molecule has 0 aromatic rings. The minimum Gasteiger partial charge on any atom is -0.391 e. The van der Waals surface area contributed by atoms with Crippen molar-refractivity contribution in [2.45, 2.75) is 103 Å². The normalized spacial score (nSPS) is 32.9. The molecular weight excluding hydrogens is 440 g/mol. The van der Waals surface area contributed by atoms with Crippen molar-refractivity contribution < 1.29 is 0 Å². The van der Waals surface area contributed by atoms with Gasteiger partial charge >= 0.3 is 0 Å². The first-order valence-corrected chi connectivity index (χ1v) is 15.5. The molecule has 0 aromatic heterocycles. The molecule has 4 aliphatic carbocycles. The van der Waals surface area contributed by atoms with Gasteiger partial charge < -0.3 is 21.3 Å². The van der Waals surface area contributed by atoms with E-state index in [1.807, 2.05) is 0 Å². The van der Waals surface area contributed by atoms with E-state index in [1.165, 1.54) is 89.9 Å². The number of rotatable bonds is 0. The second kappa shape index (κ2) is 13.6. The minimum absolute atomic E-state index is 0.829. The van der Waals surface area contributed by atoms with Crippen molar-refractivity contribution in [3.05, 3.63) is 47.1 Å². The lowest BCUT2D eigenvalue weighted by molar-refractivity contribution is 0.262. The third-order valence-corrected chi connectivity index (χ3v) is 9.53. The van der Waals surface area contributed by atoms with Crippen molar-refractivity contribution in [2.24, 2.45) is 23.7 Å². The molecule has 1 aliphatic heterocycles. The van der Waals surface area contributed by atoms with Crippen molar-refractivity contribution in [1.82, 2.24) is 21.3 Å². The molecule has 8 bridgehead atoms. The number of nitrogens with one attached hydrogen (secondary N) is 4. The topological polar surface area (TPSA) is 48.1 Å². The molecule has 5 aliphatic rings. The Labute approximate surface area is 220 Å². The zero-order valence-electron chi connectivity index (χ0n) is 22.8. The summed E-state index contributed by atoms with van der Waals surface area (Å²) in [4.78, 5) is 0. The van der Waals surface area contributed by atoms with Crippen molar-refractivity contribution in [1.29, 1.82) is 0 Å². The number of hydrogen-bond donors (Lipinski definition) is 4. The van der Waals surface area contributed by atoms with Crippen LogP contribution in [0.2, 0.25) is 0 Å². The van der Waals surface area contributed by atoms with Crippen molar-refractivity contribution in [3.63, 3.8) is 0 Å². The molecule has 4 saturated carbocycles. The summed E-state index contributed by atoms with van der Waals surface area (Å²) in [6.45, 7) is 4.62. The minimum atomic E-state index is 0.829. The molecule has 0 radical (unpaired) electrons. The maximum atomic E-state index is 3.75. The van der Waals surface area contributed by atoms with Crippen LogP contribution in [-0.2, 0) is 0 Å². The van der Waals surface area contributed by atoms with Crippen LogP contribution in [0.1, 0.15) is 103 Å². The summed E-state index contributed by atoms with van der Waals surface area (Å²) >= 11 is 0. The molecule has 5 rings (SSSR count). The lowest BCUT2D eigenvalue weighted by Crippen LogP contribution is -2.29. The summed E-state index contributed by atoms with van der Waals surface area (Å²) < 4.78 is 0. The van der Waals surface area contributed by atoms with E-state index in [-0.39, 0.29) is 0 Å².